The van der Waals surface area contributed by atoms with E-state index in [0.717, 1.165) is 6.42 Å². The summed E-state index contributed by atoms with van der Waals surface area (Å²) in [7, 11) is 0. The smallest absolute Gasteiger partial charge is 0.0105 e. The van der Waals surface area contributed by atoms with Gasteiger partial charge in [0.05, 0.1) is 0 Å². The molecule has 0 heterocycles. The Labute approximate surface area is 63.0 Å². The van der Waals surface area contributed by atoms with Crippen molar-refractivity contribution in [1.82, 2.24) is 0 Å². The zero-order valence-electron chi connectivity index (χ0n) is 6.88. The van der Waals surface area contributed by atoms with Gasteiger partial charge in [-0.25, -0.2) is 0 Å². The average Bonchev–Trinajstić information content (AvgIpc) is 1.93. The van der Waals surface area contributed by atoms with Gasteiger partial charge in [-0.15, -0.1) is 0 Å². The van der Waals surface area contributed by atoms with E-state index in [1.807, 2.05) is 0 Å². The van der Waals surface area contributed by atoms with E-state index in [4.69, 9.17) is 11.5 Å². The van der Waals surface area contributed by atoms with E-state index in [9.17, 15) is 0 Å². The third-order valence-corrected chi connectivity index (χ3v) is 2.89. The molecule has 2 heteroatoms. The van der Waals surface area contributed by atoms with Crippen LogP contribution in [0.25, 0.3) is 0 Å². The third kappa shape index (κ3) is 1.32. The molecule has 0 amide bonds. The monoisotopic (exact) mass is 142 g/mol. The summed E-state index contributed by atoms with van der Waals surface area (Å²) in [5.74, 6) is 1.17. The maximum Gasteiger partial charge on any atom is 0.0105 e. The van der Waals surface area contributed by atoms with Crippen LogP contribution in [0.5, 0.6) is 0 Å². The van der Waals surface area contributed by atoms with Crippen molar-refractivity contribution in [2.75, 3.05) is 0 Å². The van der Waals surface area contributed by atoms with Gasteiger partial charge in [-0.1, -0.05) is 13.8 Å². The minimum Gasteiger partial charge on any atom is -0.327 e. The molecular formula is C8H18N2. The SMILES string of the molecule is CC1CCC(N)C(C)C1N. The Morgan fingerprint density at radius 2 is 1.70 bits per heavy atom. The first kappa shape index (κ1) is 8.02. The fourth-order valence-corrected chi connectivity index (χ4v) is 1.71. The largest absolute Gasteiger partial charge is 0.327 e. The molecule has 1 aliphatic rings. The number of nitrogens with two attached hydrogens (primary N) is 2. The molecule has 1 aliphatic carbocycles. The fourth-order valence-electron chi connectivity index (χ4n) is 1.71. The lowest BCUT2D eigenvalue weighted by atomic mass is 9.76. The predicted molar refractivity (Wildman–Crippen MR) is 43.5 cm³/mol. The molecule has 0 aromatic carbocycles. The van der Waals surface area contributed by atoms with Gasteiger partial charge in [-0.2, -0.15) is 0 Å². The van der Waals surface area contributed by atoms with Crippen LogP contribution in [-0.4, -0.2) is 12.1 Å². The Hall–Kier alpha value is -0.0800. The molecule has 2 nitrogen and oxygen atoms in total. The second-order valence-electron chi connectivity index (χ2n) is 3.65. The summed E-state index contributed by atoms with van der Waals surface area (Å²) in [6.07, 6.45) is 2.35. The van der Waals surface area contributed by atoms with Crippen molar-refractivity contribution in [3.05, 3.63) is 0 Å². The van der Waals surface area contributed by atoms with Gasteiger partial charge in [0.2, 0.25) is 0 Å². The van der Waals surface area contributed by atoms with Crippen LogP contribution in [0, 0.1) is 11.8 Å². The van der Waals surface area contributed by atoms with E-state index in [1.54, 1.807) is 0 Å². The molecule has 0 aliphatic heterocycles. The molecular weight excluding hydrogens is 124 g/mol. The fraction of sp³-hybridized carbons (Fsp3) is 1.00. The lowest BCUT2D eigenvalue weighted by molar-refractivity contribution is 0.220. The molecule has 0 spiro atoms. The van der Waals surface area contributed by atoms with E-state index in [-0.39, 0.29) is 0 Å². The highest BCUT2D eigenvalue weighted by molar-refractivity contribution is 4.87. The molecule has 1 fully saturated rings. The summed E-state index contributed by atoms with van der Waals surface area (Å²) in [5, 5.41) is 0. The second-order valence-corrected chi connectivity index (χ2v) is 3.65. The molecule has 1 saturated carbocycles. The van der Waals surface area contributed by atoms with Crippen molar-refractivity contribution in [3.63, 3.8) is 0 Å². The van der Waals surface area contributed by atoms with Crippen LogP contribution in [0.15, 0.2) is 0 Å². The van der Waals surface area contributed by atoms with Gasteiger partial charge in [0.25, 0.3) is 0 Å². The van der Waals surface area contributed by atoms with E-state index < -0.39 is 0 Å². The molecule has 10 heavy (non-hydrogen) atoms. The molecule has 4 atom stereocenters. The molecule has 0 aromatic rings. The quantitative estimate of drug-likeness (QED) is 0.523. The van der Waals surface area contributed by atoms with Crippen LogP contribution in [0.3, 0.4) is 0 Å². The van der Waals surface area contributed by atoms with Crippen LogP contribution in [0.1, 0.15) is 26.7 Å². The lowest BCUT2D eigenvalue weighted by Crippen LogP contribution is -2.48. The molecule has 0 radical (unpaired) electrons. The summed E-state index contributed by atoms with van der Waals surface area (Å²) in [5.41, 5.74) is 11.8. The van der Waals surface area contributed by atoms with Crippen LogP contribution in [0.2, 0.25) is 0 Å². The number of hydrogen-bond acceptors (Lipinski definition) is 2. The zero-order chi connectivity index (χ0) is 7.72. The van der Waals surface area contributed by atoms with Crippen LogP contribution < -0.4 is 11.5 Å². The van der Waals surface area contributed by atoms with E-state index in [2.05, 4.69) is 13.8 Å². The highest BCUT2D eigenvalue weighted by Crippen LogP contribution is 2.26. The maximum atomic E-state index is 5.93. The van der Waals surface area contributed by atoms with Crippen molar-refractivity contribution in [1.29, 1.82) is 0 Å². The van der Waals surface area contributed by atoms with Crippen molar-refractivity contribution >= 4 is 0 Å². The van der Waals surface area contributed by atoms with Gasteiger partial charge in [0.15, 0.2) is 0 Å². The van der Waals surface area contributed by atoms with Gasteiger partial charge < -0.3 is 11.5 Å². The van der Waals surface area contributed by atoms with Crippen LogP contribution in [-0.2, 0) is 0 Å². The van der Waals surface area contributed by atoms with Crippen molar-refractivity contribution in [2.45, 2.75) is 38.8 Å². The van der Waals surface area contributed by atoms with Crippen molar-refractivity contribution < 1.29 is 0 Å². The number of hydrogen-bond donors (Lipinski definition) is 2. The summed E-state index contributed by atoms with van der Waals surface area (Å²) < 4.78 is 0. The highest BCUT2D eigenvalue weighted by atomic mass is 14.8. The molecule has 0 bridgehead atoms. The lowest BCUT2D eigenvalue weighted by Gasteiger charge is -2.36. The van der Waals surface area contributed by atoms with Crippen LogP contribution >= 0.6 is 0 Å². The minimum absolute atomic E-state index is 0.323. The Bertz CT molecular complexity index is 99.8. The first-order chi connectivity index (χ1) is 4.63. The van der Waals surface area contributed by atoms with Gasteiger partial charge in [0.1, 0.15) is 0 Å². The first-order valence-corrected chi connectivity index (χ1v) is 4.14. The molecule has 0 saturated heterocycles. The number of rotatable bonds is 0. The van der Waals surface area contributed by atoms with Gasteiger partial charge in [-0.3, -0.25) is 0 Å². The Balaban J connectivity index is 2.52. The van der Waals surface area contributed by atoms with E-state index in [0.29, 0.717) is 23.9 Å². The summed E-state index contributed by atoms with van der Waals surface area (Å²) in [6, 6.07) is 0.662. The highest BCUT2D eigenvalue weighted by Gasteiger charge is 2.29. The minimum atomic E-state index is 0.323. The molecule has 0 aromatic heterocycles. The molecule has 4 N–H and O–H groups in total. The van der Waals surface area contributed by atoms with Crippen molar-refractivity contribution in [2.24, 2.45) is 23.3 Å². The maximum absolute atomic E-state index is 5.93. The van der Waals surface area contributed by atoms with Gasteiger partial charge in [-0.05, 0) is 24.7 Å². The summed E-state index contributed by atoms with van der Waals surface area (Å²) >= 11 is 0. The van der Waals surface area contributed by atoms with E-state index >= 15 is 0 Å². The van der Waals surface area contributed by atoms with Gasteiger partial charge in [0, 0.05) is 12.1 Å². The third-order valence-electron chi connectivity index (χ3n) is 2.89. The normalized spacial score (nSPS) is 49.2. The average molecular weight is 142 g/mol. The van der Waals surface area contributed by atoms with Crippen LogP contribution in [0.4, 0.5) is 0 Å². The predicted octanol–water partition coefficient (Wildman–Crippen LogP) is 0.707. The topological polar surface area (TPSA) is 52.0 Å². The molecule has 1 rings (SSSR count). The summed E-state index contributed by atoms with van der Waals surface area (Å²) in [4.78, 5) is 0. The van der Waals surface area contributed by atoms with Gasteiger partial charge >= 0.3 is 0 Å². The first-order valence-electron chi connectivity index (χ1n) is 4.14. The second kappa shape index (κ2) is 2.89. The standard InChI is InChI=1S/C8H18N2/c1-5-3-4-7(9)6(2)8(5)10/h5-8H,3-4,9-10H2,1-2H3. The van der Waals surface area contributed by atoms with E-state index in [1.165, 1.54) is 6.42 Å². The molecule has 4 unspecified atom stereocenters. The van der Waals surface area contributed by atoms with Crippen molar-refractivity contribution in [3.8, 4) is 0 Å². The Kier molecular flexibility index (Phi) is 2.32. The summed E-state index contributed by atoms with van der Waals surface area (Å²) in [6.45, 7) is 4.37. The Morgan fingerprint density at radius 3 is 2.20 bits per heavy atom. The molecule has 60 valence electrons. The zero-order valence-corrected chi connectivity index (χ0v) is 6.88. The Morgan fingerprint density at radius 1 is 1.10 bits per heavy atom.